The van der Waals surface area contributed by atoms with Crippen LogP contribution < -0.4 is 5.32 Å². The standard InChI is InChI=1S/C26H29F2N5O3/c1-4-5-6-26(31-32-26)7-9-33(24(35)25-13-16(2)18(25)14-25)22(23(34)30-8-10-36-3)21-19(27)11-17(15-29)12-20(21)28/h1,11-12,16,18,22H,5-10,13-14H2,2-3H3,(H,30,34)/t16-,18+,22?,25-/m1/s1. The maximum Gasteiger partial charge on any atom is 0.247 e. The number of halogens is 2. The van der Waals surface area contributed by atoms with Crippen molar-refractivity contribution in [3.05, 3.63) is 34.9 Å². The topological polar surface area (TPSA) is 107 Å². The number of hydrogen-bond acceptors (Lipinski definition) is 6. The fourth-order valence-electron chi connectivity index (χ4n) is 5.52. The Bertz CT molecular complexity index is 1140. The number of hydrogen-bond donors (Lipinski definition) is 1. The number of nitrogens with one attached hydrogen (secondary N) is 1. The second-order valence-electron chi connectivity index (χ2n) is 9.94. The molecule has 0 spiro atoms. The van der Waals surface area contributed by atoms with Crippen molar-refractivity contribution in [2.24, 2.45) is 27.5 Å². The van der Waals surface area contributed by atoms with Crippen molar-refractivity contribution in [1.29, 1.82) is 5.26 Å². The maximum absolute atomic E-state index is 15.2. The summed E-state index contributed by atoms with van der Waals surface area (Å²) in [5.41, 5.74) is -2.14. The number of terminal acetylenes is 1. The second kappa shape index (κ2) is 9.94. The van der Waals surface area contributed by atoms with E-state index < -0.39 is 40.2 Å². The molecule has 2 saturated carbocycles. The molecule has 190 valence electrons. The van der Waals surface area contributed by atoms with Crippen LogP contribution in [0, 0.1) is 52.6 Å². The number of amides is 2. The van der Waals surface area contributed by atoms with Gasteiger partial charge in [0.1, 0.15) is 17.7 Å². The molecule has 10 heteroatoms. The van der Waals surface area contributed by atoms with Gasteiger partial charge in [-0.25, -0.2) is 8.78 Å². The van der Waals surface area contributed by atoms with Crippen LogP contribution in [-0.4, -0.2) is 49.2 Å². The zero-order valence-corrected chi connectivity index (χ0v) is 20.4. The van der Waals surface area contributed by atoms with Gasteiger partial charge in [0.25, 0.3) is 0 Å². The van der Waals surface area contributed by atoms with Crippen LogP contribution in [0.15, 0.2) is 22.4 Å². The third-order valence-electron chi connectivity index (χ3n) is 7.65. The van der Waals surface area contributed by atoms with E-state index in [-0.39, 0.29) is 43.5 Å². The molecule has 2 aliphatic carbocycles. The van der Waals surface area contributed by atoms with Gasteiger partial charge in [0, 0.05) is 39.5 Å². The van der Waals surface area contributed by atoms with Gasteiger partial charge in [0.05, 0.1) is 29.2 Å². The van der Waals surface area contributed by atoms with Gasteiger partial charge in [0.15, 0.2) is 5.66 Å². The molecule has 4 rings (SSSR count). The predicted octanol–water partition coefficient (Wildman–Crippen LogP) is 3.48. The summed E-state index contributed by atoms with van der Waals surface area (Å²) in [6, 6.07) is 1.88. The lowest BCUT2D eigenvalue weighted by molar-refractivity contribution is -0.149. The van der Waals surface area contributed by atoms with Crippen LogP contribution in [0.25, 0.3) is 0 Å². The Morgan fingerprint density at radius 3 is 2.50 bits per heavy atom. The maximum atomic E-state index is 15.2. The minimum Gasteiger partial charge on any atom is -0.383 e. The van der Waals surface area contributed by atoms with E-state index in [0.29, 0.717) is 31.6 Å². The summed E-state index contributed by atoms with van der Waals surface area (Å²) >= 11 is 0. The molecule has 1 aromatic rings. The smallest absolute Gasteiger partial charge is 0.247 e. The molecule has 8 nitrogen and oxygen atoms in total. The molecule has 0 radical (unpaired) electrons. The Hall–Kier alpha value is -3.37. The number of carbonyl (C=O) groups excluding carboxylic acids is 2. The molecule has 1 N–H and O–H groups in total. The van der Waals surface area contributed by atoms with Crippen LogP contribution in [0.5, 0.6) is 0 Å². The molecule has 2 fully saturated rings. The van der Waals surface area contributed by atoms with Crippen molar-refractivity contribution in [2.45, 2.75) is 50.7 Å². The minimum absolute atomic E-state index is 0.0144. The van der Waals surface area contributed by atoms with Gasteiger partial charge < -0.3 is 15.0 Å². The van der Waals surface area contributed by atoms with E-state index in [1.807, 2.05) is 0 Å². The van der Waals surface area contributed by atoms with Crippen molar-refractivity contribution in [2.75, 3.05) is 26.8 Å². The van der Waals surface area contributed by atoms with E-state index in [0.717, 1.165) is 12.1 Å². The number of benzene rings is 1. The average molecular weight is 498 g/mol. The highest BCUT2D eigenvalue weighted by Crippen LogP contribution is 2.71. The molecule has 2 amide bonds. The fourth-order valence-corrected chi connectivity index (χ4v) is 5.52. The number of ether oxygens (including phenoxy) is 1. The Labute approximate surface area is 209 Å². The van der Waals surface area contributed by atoms with Gasteiger partial charge in [-0.05, 0) is 36.8 Å². The molecular weight excluding hydrogens is 468 g/mol. The molecule has 0 saturated heterocycles. The summed E-state index contributed by atoms with van der Waals surface area (Å²) in [6.07, 6.45) is 7.94. The lowest BCUT2D eigenvalue weighted by Gasteiger charge is -2.39. The van der Waals surface area contributed by atoms with Crippen LogP contribution in [-0.2, 0) is 14.3 Å². The summed E-state index contributed by atoms with van der Waals surface area (Å²) in [7, 11) is 1.46. The molecule has 36 heavy (non-hydrogen) atoms. The summed E-state index contributed by atoms with van der Waals surface area (Å²) < 4.78 is 35.5. The quantitative estimate of drug-likeness (QED) is 0.352. The van der Waals surface area contributed by atoms with E-state index in [1.165, 1.54) is 12.0 Å². The largest absolute Gasteiger partial charge is 0.383 e. The first-order valence-corrected chi connectivity index (χ1v) is 12.1. The van der Waals surface area contributed by atoms with Crippen LogP contribution in [0.2, 0.25) is 0 Å². The zero-order chi connectivity index (χ0) is 26.1. The van der Waals surface area contributed by atoms with Crippen LogP contribution in [0.1, 0.15) is 56.2 Å². The number of rotatable bonds is 12. The SMILES string of the molecule is C#CCCC1(CCN(C(=O)[C@@]23C[C@@H](C)[C@@H]2C3)C(C(=O)NCCOC)c2c(F)cc(C#N)cc2F)N=N1. The normalized spacial score (nSPS) is 24.9. The number of methoxy groups -OCH3 is 1. The molecule has 0 bridgehead atoms. The van der Waals surface area contributed by atoms with Crippen molar-refractivity contribution in [3.63, 3.8) is 0 Å². The number of nitrogens with zero attached hydrogens (tertiary/aromatic N) is 4. The Morgan fingerprint density at radius 2 is 2.00 bits per heavy atom. The van der Waals surface area contributed by atoms with E-state index in [1.54, 1.807) is 6.07 Å². The highest BCUT2D eigenvalue weighted by molar-refractivity contribution is 5.93. The highest BCUT2D eigenvalue weighted by atomic mass is 19.1. The van der Waals surface area contributed by atoms with E-state index in [2.05, 4.69) is 28.4 Å². The van der Waals surface area contributed by atoms with Crippen molar-refractivity contribution in [1.82, 2.24) is 10.2 Å². The molecule has 1 aliphatic heterocycles. The highest BCUT2D eigenvalue weighted by Gasteiger charge is 2.71. The third-order valence-corrected chi connectivity index (χ3v) is 7.65. The first kappa shape index (κ1) is 25.7. The van der Waals surface area contributed by atoms with E-state index in [9.17, 15) is 9.59 Å². The monoisotopic (exact) mass is 497 g/mol. The van der Waals surface area contributed by atoms with Gasteiger partial charge in [0.2, 0.25) is 11.8 Å². The zero-order valence-electron chi connectivity index (χ0n) is 20.4. The molecular formula is C26H29F2N5O3. The molecule has 1 aromatic carbocycles. The molecule has 4 atom stereocenters. The number of fused-ring (bicyclic) bond motifs is 1. The molecule has 3 aliphatic rings. The van der Waals surface area contributed by atoms with Gasteiger partial charge >= 0.3 is 0 Å². The second-order valence-corrected chi connectivity index (χ2v) is 9.94. The van der Waals surface area contributed by atoms with Gasteiger partial charge in [-0.1, -0.05) is 6.92 Å². The predicted molar refractivity (Wildman–Crippen MR) is 125 cm³/mol. The molecule has 0 aromatic heterocycles. The molecule has 1 heterocycles. The van der Waals surface area contributed by atoms with Gasteiger partial charge in [-0.2, -0.15) is 15.5 Å². The lowest BCUT2D eigenvalue weighted by Crippen LogP contribution is -2.51. The van der Waals surface area contributed by atoms with E-state index >= 15 is 8.78 Å². The van der Waals surface area contributed by atoms with Crippen LogP contribution >= 0.6 is 0 Å². The van der Waals surface area contributed by atoms with Crippen molar-refractivity contribution < 1.29 is 23.1 Å². The van der Waals surface area contributed by atoms with Gasteiger partial charge in [-0.15, -0.1) is 12.3 Å². The first-order valence-electron chi connectivity index (χ1n) is 12.1. The lowest BCUT2D eigenvalue weighted by atomic mass is 9.74. The van der Waals surface area contributed by atoms with Crippen LogP contribution in [0.4, 0.5) is 8.78 Å². The Morgan fingerprint density at radius 1 is 1.31 bits per heavy atom. The summed E-state index contributed by atoms with van der Waals surface area (Å²) in [4.78, 5) is 28.6. The Balaban J connectivity index is 1.70. The van der Waals surface area contributed by atoms with Crippen molar-refractivity contribution in [3.8, 4) is 18.4 Å². The number of carbonyl (C=O) groups is 2. The minimum atomic E-state index is -1.57. The number of nitriles is 1. The fraction of sp³-hybridized carbons (Fsp3) is 0.577. The van der Waals surface area contributed by atoms with Gasteiger partial charge in [-0.3, -0.25) is 9.59 Å². The summed E-state index contributed by atoms with van der Waals surface area (Å²) in [5, 5.41) is 20.0. The Kier molecular flexibility index (Phi) is 7.10. The third kappa shape index (κ3) is 4.70. The first-order chi connectivity index (χ1) is 17.2. The van der Waals surface area contributed by atoms with Crippen LogP contribution in [0.3, 0.4) is 0 Å². The summed E-state index contributed by atoms with van der Waals surface area (Å²) in [5.74, 6) is -0.0302. The molecule has 1 unspecified atom stereocenters. The summed E-state index contributed by atoms with van der Waals surface area (Å²) in [6.45, 7) is 2.36. The average Bonchev–Trinajstić information content (AvgIpc) is 3.75. The van der Waals surface area contributed by atoms with Crippen molar-refractivity contribution >= 4 is 11.8 Å². The van der Waals surface area contributed by atoms with E-state index in [4.69, 9.17) is 16.4 Å².